The summed E-state index contributed by atoms with van der Waals surface area (Å²) in [6, 6.07) is 9.62. The van der Waals surface area contributed by atoms with Crippen molar-refractivity contribution >= 4 is 15.9 Å². The molecule has 0 spiro atoms. The van der Waals surface area contributed by atoms with E-state index >= 15 is 0 Å². The van der Waals surface area contributed by atoms with Gasteiger partial charge in [-0.2, -0.15) is 0 Å². The second-order valence-electron chi connectivity index (χ2n) is 4.87. The van der Waals surface area contributed by atoms with Gasteiger partial charge in [0.25, 0.3) is 0 Å². The quantitative estimate of drug-likeness (QED) is 0.846. The third-order valence-electron chi connectivity index (χ3n) is 3.77. The predicted molar refractivity (Wildman–Crippen MR) is 73.8 cm³/mol. The van der Waals surface area contributed by atoms with E-state index in [1.807, 2.05) is 0 Å². The van der Waals surface area contributed by atoms with Crippen LogP contribution in [0.3, 0.4) is 0 Å². The first-order valence-corrected chi connectivity index (χ1v) is 6.84. The van der Waals surface area contributed by atoms with Gasteiger partial charge in [0.2, 0.25) is 0 Å². The van der Waals surface area contributed by atoms with Crippen LogP contribution in [0.5, 0.6) is 0 Å². The Bertz CT molecular complexity index is 657. The van der Waals surface area contributed by atoms with Crippen molar-refractivity contribution in [2.24, 2.45) is 5.73 Å². The summed E-state index contributed by atoms with van der Waals surface area (Å²) >= 11 is 3.18. The zero-order valence-electron chi connectivity index (χ0n) is 10.1. The summed E-state index contributed by atoms with van der Waals surface area (Å²) in [7, 11) is 0. The fourth-order valence-electron chi connectivity index (χ4n) is 2.80. The molecule has 1 nitrogen and oxygen atoms in total. The molecule has 3 rings (SSSR count). The molecule has 0 saturated carbocycles. The molecule has 0 aliphatic heterocycles. The molecule has 2 N–H and O–H groups in total. The van der Waals surface area contributed by atoms with E-state index < -0.39 is 5.54 Å². The van der Waals surface area contributed by atoms with Gasteiger partial charge in [-0.1, -0.05) is 18.2 Å². The van der Waals surface area contributed by atoms with Crippen LogP contribution >= 0.6 is 15.9 Å². The SMILES string of the molecule is NC1(c2cccc(Br)c2F)CCc2cc(F)ccc21. The highest BCUT2D eigenvalue weighted by Crippen LogP contribution is 2.42. The van der Waals surface area contributed by atoms with Gasteiger partial charge in [-0.3, -0.25) is 0 Å². The van der Waals surface area contributed by atoms with Crippen LogP contribution in [-0.2, 0) is 12.0 Å². The zero-order valence-corrected chi connectivity index (χ0v) is 11.7. The van der Waals surface area contributed by atoms with E-state index in [1.165, 1.54) is 12.1 Å². The lowest BCUT2D eigenvalue weighted by molar-refractivity contribution is 0.488. The highest BCUT2D eigenvalue weighted by atomic mass is 79.9. The van der Waals surface area contributed by atoms with E-state index in [-0.39, 0.29) is 11.6 Å². The molecule has 2 aromatic carbocycles. The lowest BCUT2D eigenvalue weighted by atomic mass is 9.85. The van der Waals surface area contributed by atoms with Crippen LogP contribution in [0.2, 0.25) is 0 Å². The summed E-state index contributed by atoms with van der Waals surface area (Å²) in [5.74, 6) is -0.625. The second-order valence-corrected chi connectivity index (χ2v) is 5.73. The summed E-state index contributed by atoms with van der Waals surface area (Å²) in [5.41, 5.74) is 7.68. The second kappa shape index (κ2) is 4.39. The van der Waals surface area contributed by atoms with Crippen LogP contribution in [-0.4, -0.2) is 0 Å². The Morgan fingerprint density at radius 2 is 1.89 bits per heavy atom. The molecule has 1 aliphatic rings. The third-order valence-corrected chi connectivity index (χ3v) is 4.38. The Hall–Kier alpha value is -1.26. The summed E-state index contributed by atoms with van der Waals surface area (Å²) in [6.07, 6.45) is 1.24. The van der Waals surface area contributed by atoms with E-state index in [4.69, 9.17) is 5.73 Å². The Kier molecular flexibility index (Phi) is 2.95. The first-order valence-electron chi connectivity index (χ1n) is 6.04. The Balaban J connectivity index is 2.19. The fraction of sp³-hybridized carbons (Fsp3) is 0.200. The molecule has 4 heteroatoms. The molecule has 1 unspecified atom stereocenters. The van der Waals surface area contributed by atoms with E-state index in [1.54, 1.807) is 24.3 Å². The maximum atomic E-state index is 14.3. The smallest absolute Gasteiger partial charge is 0.142 e. The minimum Gasteiger partial charge on any atom is -0.318 e. The molecule has 98 valence electrons. The van der Waals surface area contributed by atoms with Crippen LogP contribution in [0.25, 0.3) is 0 Å². The van der Waals surface area contributed by atoms with Gasteiger partial charge in [-0.05, 0) is 58.1 Å². The monoisotopic (exact) mass is 323 g/mol. The summed E-state index contributed by atoms with van der Waals surface area (Å²) in [4.78, 5) is 0. The van der Waals surface area contributed by atoms with E-state index in [0.717, 1.165) is 11.1 Å². The van der Waals surface area contributed by atoms with Crippen molar-refractivity contribution < 1.29 is 8.78 Å². The lowest BCUT2D eigenvalue weighted by Gasteiger charge is -2.27. The number of hydrogen-bond donors (Lipinski definition) is 1. The molecule has 0 fully saturated rings. The van der Waals surface area contributed by atoms with Crippen LogP contribution in [0.15, 0.2) is 40.9 Å². The standard InChI is InChI=1S/C15H12BrF2N/c16-13-3-1-2-12(14(13)18)15(19)7-6-9-8-10(17)4-5-11(9)15/h1-5,8H,6-7,19H2. The van der Waals surface area contributed by atoms with E-state index in [2.05, 4.69) is 15.9 Å². The minimum absolute atomic E-state index is 0.280. The number of hydrogen-bond acceptors (Lipinski definition) is 1. The van der Waals surface area contributed by atoms with Crippen LogP contribution in [0, 0.1) is 11.6 Å². The normalized spacial score (nSPS) is 21.5. The number of aryl methyl sites for hydroxylation is 1. The number of fused-ring (bicyclic) bond motifs is 1. The van der Waals surface area contributed by atoms with Crippen LogP contribution in [0.1, 0.15) is 23.1 Å². The third kappa shape index (κ3) is 1.90. The van der Waals surface area contributed by atoms with Gasteiger partial charge < -0.3 is 5.73 Å². The zero-order chi connectivity index (χ0) is 13.6. The lowest BCUT2D eigenvalue weighted by Crippen LogP contribution is -2.36. The van der Waals surface area contributed by atoms with E-state index in [0.29, 0.717) is 22.9 Å². The van der Waals surface area contributed by atoms with Crippen molar-refractivity contribution in [2.45, 2.75) is 18.4 Å². The maximum absolute atomic E-state index is 14.3. The van der Waals surface area contributed by atoms with Gasteiger partial charge in [0.1, 0.15) is 11.6 Å². The van der Waals surface area contributed by atoms with Crippen molar-refractivity contribution in [3.63, 3.8) is 0 Å². The predicted octanol–water partition coefficient (Wildman–Crippen LogP) is 3.88. The molecule has 19 heavy (non-hydrogen) atoms. The molecule has 0 aromatic heterocycles. The average molecular weight is 324 g/mol. The number of nitrogens with two attached hydrogens (primary N) is 1. The first-order chi connectivity index (χ1) is 9.02. The van der Waals surface area contributed by atoms with E-state index in [9.17, 15) is 8.78 Å². The largest absolute Gasteiger partial charge is 0.318 e. The van der Waals surface area contributed by atoms with Gasteiger partial charge >= 0.3 is 0 Å². The van der Waals surface area contributed by atoms with Gasteiger partial charge in [-0.15, -0.1) is 0 Å². The topological polar surface area (TPSA) is 26.0 Å². The molecule has 1 aliphatic carbocycles. The van der Waals surface area contributed by atoms with Crippen molar-refractivity contribution in [1.82, 2.24) is 0 Å². The van der Waals surface area contributed by atoms with Gasteiger partial charge in [0, 0.05) is 5.56 Å². The van der Waals surface area contributed by atoms with Gasteiger partial charge in [0.05, 0.1) is 10.0 Å². The highest BCUT2D eigenvalue weighted by Gasteiger charge is 2.38. The Morgan fingerprint density at radius 1 is 1.11 bits per heavy atom. The van der Waals surface area contributed by atoms with Crippen LogP contribution < -0.4 is 5.73 Å². The van der Waals surface area contributed by atoms with Crippen molar-refractivity contribution in [1.29, 1.82) is 0 Å². The molecular weight excluding hydrogens is 312 g/mol. The van der Waals surface area contributed by atoms with Crippen molar-refractivity contribution in [3.8, 4) is 0 Å². The minimum atomic E-state index is -0.878. The number of halogens is 3. The molecule has 1 atom stereocenters. The maximum Gasteiger partial charge on any atom is 0.142 e. The number of rotatable bonds is 1. The summed E-state index contributed by atoms with van der Waals surface area (Å²) < 4.78 is 27.9. The van der Waals surface area contributed by atoms with Crippen molar-refractivity contribution in [3.05, 3.63) is 69.2 Å². The van der Waals surface area contributed by atoms with Crippen LogP contribution in [0.4, 0.5) is 8.78 Å². The fourth-order valence-corrected chi connectivity index (χ4v) is 3.17. The highest BCUT2D eigenvalue weighted by molar-refractivity contribution is 9.10. The van der Waals surface area contributed by atoms with Crippen molar-refractivity contribution in [2.75, 3.05) is 0 Å². The summed E-state index contributed by atoms with van der Waals surface area (Å²) in [5, 5.41) is 0. The van der Waals surface area contributed by atoms with Gasteiger partial charge in [0.15, 0.2) is 0 Å². The molecular formula is C15H12BrF2N. The average Bonchev–Trinajstić information content (AvgIpc) is 2.71. The molecule has 0 saturated heterocycles. The molecule has 0 radical (unpaired) electrons. The molecule has 0 bridgehead atoms. The number of benzene rings is 2. The van der Waals surface area contributed by atoms with Gasteiger partial charge in [-0.25, -0.2) is 8.78 Å². The molecule has 0 heterocycles. The Labute approximate surface area is 118 Å². The summed E-state index contributed by atoms with van der Waals surface area (Å²) in [6.45, 7) is 0. The molecule has 2 aromatic rings. The Morgan fingerprint density at radius 3 is 2.68 bits per heavy atom. The first kappa shape index (κ1) is 12.8. The molecule has 0 amide bonds.